The Hall–Kier alpha value is -3.06. The van der Waals surface area contributed by atoms with Crippen LogP contribution < -0.4 is 15.4 Å². The number of ether oxygens (including phenoxy) is 1. The number of nitrogens with zero attached hydrogens (tertiary/aromatic N) is 1. The average Bonchev–Trinajstić information content (AvgIpc) is 3.36. The Morgan fingerprint density at radius 3 is 2.71 bits per heavy atom. The lowest BCUT2D eigenvalue weighted by atomic mass is 9.88. The summed E-state index contributed by atoms with van der Waals surface area (Å²) in [5, 5.41) is 5.93. The first-order valence-electron chi connectivity index (χ1n) is 10.3. The summed E-state index contributed by atoms with van der Waals surface area (Å²) in [7, 11) is 1.56. The smallest absolute Gasteiger partial charge is 0.261 e. The molecule has 2 aliphatic heterocycles. The second-order valence-electron chi connectivity index (χ2n) is 7.81. The molecule has 2 aromatic rings. The second kappa shape index (κ2) is 8.98. The molecule has 162 valence electrons. The number of fused-ring (bicyclic) bond motifs is 2. The number of carbonyl (C=O) groups excluding carboxylic acids is 3. The van der Waals surface area contributed by atoms with Gasteiger partial charge in [-0.15, -0.1) is 0 Å². The molecule has 0 radical (unpaired) electrons. The second-order valence-corrected chi connectivity index (χ2v) is 8.22. The number of hydrogen-bond donors (Lipinski definition) is 2. The van der Waals surface area contributed by atoms with Gasteiger partial charge in [-0.3, -0.25) is 14.4 Å². The topological polar surface area (TPSA) is 87.7 Å². The summed E-state index contributed by atoms with van der Waals surface area (Å²) in [6, 6.07) is 13.7. The molecule has 2 N–H and O–H groups in total. The maximum absolute atomic E-state index is 12.9. The van der Waals surface area contributed by atoms with E-state index < -0.39 is 0 Å². The fourth-order valence-corrected chi connectivity index (χ4v) is 4.74. The van der Waals surface area contributed by atoms with Crippen LogP contribution in [-0.4, -0.2) is 48.4 Å². The zero-order valence-corrected chi connectivity index (χ0v) is 17.9. The molecule has 0 spiro atoms. The molecule has 8 heteroatoms. The van der Waals surface area contributed by atoms with Gasteiger partial charge in [0.1, 0.15) is 5.75 Å². The van der Waals surface area contributed by atoms with Gasteiger partial charge >= 0.3 is 0 Å². The molecular formula is C23H24ClN3O4. The van der Waals surface area contributed by atoms with Crippen LogP contribution in [0.5, 0.6) is 5.75 Å². The molecule has 31 heavy (non-hydrogen) atoms. The van der Waals surface area contributed by atoms with Gasteiger partial charge in [-0.25, -0.2) is 0 Å². The number of benzene rings is 2. The van der Waals surface area contributed by atoms with Crippen LogP contribution in [0.2, 0.25) is 5.02 Å². The van der Waals surface area contributed by atoms with Gasteiger partial charge in [0.25, 0.3) is 11.8 Å². The van der Waals surface area contributed by atoms with E-state index in [9.17, 15) is 14.4 Å². The SMILES string of the molecule is CNC(=O)c1cccc(NC(=O)C2CC3CCC2N3C(=O)COc2ccccc2Cl)c1. The van der Waals surface area contributed by atoms with E-state index in [4.69, 9.17) is 16.3 Å². The van der Waals surface area contributed by atoms with Gasteiger partial charge in [-0.05, 0) is 49.6 Å². The van der Waals surface area contributed by atoms with Crippen molar-refractivity contribution in [3.05, 3.63) is 59.1 Å². The van der Waals surface area contributed by atoms with Crippen molar-refractivity contribution in [2.75, 3.05) is 19.0 Å². The van der Waals surface area contributed by atoms with Crippen LogP contribution in [0, 0.1) is 5.92 Å². The highest BCUT2D eigenvalue weighted by Gasteiger charge is 2.51. The Morgan fingerprint density at radius 2 is 1.94 bits per heavy atom. The molecule has 2 aliphatic rings. The Labute approximate surface area is 185 Å². The number of nitrogens with one attached hydrogen (secondary N) is 2. The Morgan fingerprint density at radius 1 is 1.13 bits per heavy atom. The summed E-state index contributed by atoms with van der Waals surface area (Å²) in [5.74, 6) is -0.303. The Balaban J connectivity index is 1.39. The molecule has 0 saturated carbocycles. The molecule has 2 aromatic carbocycles. The predicted octanol–water partition coefficient (Wildman–Crippen LogP) is 3.10. The van der Waals surface area contributed by atoms with Crippen molar-refractivity contribution in [3.8, 4) is 5.75 Å². The van der Waals surface area contributed by atoms with Gasteiger partial charge < -0.3 is 20.3 Å². The van der Waals surface area contributed by atoms with Gasteiger partial charge in [0, 0.05) is 30.4 Å². The zero-order valence-electron chi connectivity index (χ0n) is 17.1. The van der Waals surface area contributed by atoms with Crippen LogP contribution in [0.4, 0.5) is 5.69 Å². The molecule has 3 amide bonds. The van der Waals surface area contributed by atoms with E-state index in [0.29, 0.717) is 28.4 Å². The summed E-state index contributed by atoms with van der Waals surface area (Å²) in [6.07, 6.45) is 2.31. The first-order chi connectivity index (χ1) is 15.0. The minimum absolute atomic E-state index is 0.0419. The summed E-state index contributed by atoms with van der Waals surface area (Å²) in [4.78, 5) is 39.4. The fraction of sp³-hybridized carbons (Fsp3) is 0.348. The number of amides is 3. The van der Waals surface area contributed by atoms with Crippen molar-refractivity contribution >= 4 is 35.0 Å². The van der Waals surface area contributed by atoms with Crippen molar-refractivity contribution in [3.63, 3.8) is 0 Å². The van der Waals surface area contributed by atoms with Crippen LogP contribution in [-0.2, 0) is 9.59 Å². The Kier molecular flexibility index (Phi) is 6.13. The van der Waals surface area contributed by atoms with E-state index >= 15 is 0 Å². The van der Waals surface area contributed by atoms with Crippen LogP contribution in [0.3, 0.4) is 0 Å². The molecule has 7 nitrogen and oxygen atoms in total. The molecule has 4 rings (SSSR count). The third kappa shape index (κ3) is 4.37. The van der Waals surface area contributed by atoms with E-state index in [1.54, 1.807) is 55.6 Å². The molecule has 3 unspecified atom stereocenters. The number of carbonyl (C=O) groups is 3. The summed E-state index contributed by atoms with van der Waals surface area (Å²) >= 11 is 6.09. The molecule has 2 saturated heterocycles. The average molecular weight is 442 g/mol. The summed E-state index contributed by atoms with van der Waals surface area (Å²) < 4.78 is 5.61. The third-order valence-electron chi connectivity index (χ3n) is 5.97. The van der Waals surface area contributed by atoms with Crippen molar-refractivity contribution in [1.29, 1.82) is 0 Å². The highest BCUT2D eigenvalue weighted by molar-refractivity contribution is 6.32. The van der Waals surface area contributed by atoms with E-state index in [0.717, 1.165) is 12.8 Å². The lowest BCUT2D eigenvalue weighted by Gasteiger charge is -2.24. The summed E-state index contributed by atoms with van der Waals surface area (Å²) in [5.41, 5.74) is 1.04. The highest BCUT2D eigenvalue weighted by Crippen LogP contribution is 2.42. The molecule has 0 aromatic heterocycles. The lowest BCUT2D eigenvalue weighted by Crippen LogP contribution is -2.41. The summed E-state index contributed by atoms with van der Waals surface area (Å²) in [6.45, 7) is -0.112. The maximum Gasteiger partial charge on any atom is 0.261 e. The van der Waals surface area contributed by atoms with Gasteiger partial charge in [0.2, 0.25) is 5.91 Å². The minimum Gasteiger partial charge on any atom is -0.482 e. The van der Waals surface area contributed by atoms with E-state index in [1.165, 1.54) is 0 Å². The van der Waals surface area contributed by atoms with Gasteiger partial charge in [-0.1, -0.05) is 29.8 Å². The number of halogens is 1. The number of hydrogen-bond acceptors (Lipinski definition) is 4. The Bertz CT molecular complexity index is 1010. The molecular weight excluding hydrogens is 418 g/mol. The molecule has 3 atom stereocenters. The molecule has 0 aliphatic carbocycles. The third-order valence-corrected chi connectivity index (χ3v) is 6.28. The predicted molar refractivity (Wildman–Crippen MR) is 117 cm³/mol. The highest BCUT2D eigenvalue weighted by atomic mass is 35.5. The van der Waals surface area contributed by atoms with Gasteiger partial charge in [-0.2, -0.15) is 0 Å². The lowest BCUT2D eigenvalue weighted by molar-refractivity contribution is -0.135. The number of rotatable bonds is 6. The number of para-hydroxylation sites is 1. The van der Waals surface area contributed by atoms with Crippen molar-refractivity contribution in [1.82, 2.24) is 10.2 Å². The first kappa shape index (κ1) is 21.2. The van der Waals surface area contributed by atoms with Crippen LogP contribution in [0.25, 0.3) is 0 Å². The quantitative estimate of drug-likeness (QED) is 0.721. The zero-order chi connectivity index (χ0) is 22.0. The van der Waals surface area contributed by atoms with Crippen molar-refractivity contribution in [2.24, 2.45) is 5.92 Å². The largest absolute Gasteiger partial charge is 0.482 e. The molecule has 2 heterocycles. The van der Waals surface area contributed by atoms with E-state index in [-0.39, 0.29) is 42.3 Å². The van der Waals surface area contributed by atoms with Crippen LogP contribution in [0.15, 0.2) is 48.5 Å². The molecule has 2 fully saturated rings. The van der Waals surface area contributed by atoms with Crippen LogP contribution in [0.1, 0.15) is 29.6 Å². The van der Waals surface area contributed by atoms with Gasteiger partial charge in [0.15, 0.2) is 6.61 Å². The van der Waals surface area contributed by atoms with Crippen molar-refractivity contribution in [2.45, 2.75) is 31.3 Å². The molecule has 2 bridgehead atoms. The fourth-order valence-electron chi connectivity index (χ4n) is 4.55. The van der Waals surface area contributed by atoms with Gasteiger partial charge in [0.05, 0.1) is 10.9 Å². The van der Waals surface area contributed by atoms with E-state index in [2.05, 4.69) is 10.6 Å². The monoisotopic (exact) mass is 441 g/mol. The van der Waals surface area contributed by atoms with Crippen molar-refractivity contribution < 1.29 is 19.1 Å². The first-order valence-corrected chi connectivity index (χ1v) is 10.7. The minimum atomic E-state index is -0.285. The standard InChI is InChI=1S/C23H24ClN3O4/c1-25-22(29)14-5-4-6-15(11-14)26-23(30)17-12-16-9-10-19(17)27(16)21(28)13-31-20-8-3-2-7-18(20)24/h2-8,11,16-17,19H,9-10,12-13H2,1H3,(H,25,29)(H,26,30). The maximum atomic E-state index is 12.9. The number of anilines is 1. The normalized spacial score (nSPS) is 21.6. The van der Waals surface area contributed by atoms with E-state index in [1.807, 2.05) is 4.90 Å². The van der Waals surface area contributed by atoms with Crippen LogP contribution >= 0.6 is 11.6 Å².